The highest BCUT2D eigenvalue weighted by Gasteiger charge is 2.41. The van der Waals surface area contributed by atoms with E-state index in [1.165, 1.54) is 6.92 Å². The lowest BCUT2D eigenvalue weighted by molar-refractivity contribution is -0.181. The van der Waals surface area contributed by atoms with E-state index in [-0.39, 0.29) is 5.57 Å². The number of hydrogen-bond acceptors (Lipinski definition) is 4. The summed E-state index contributed by atoms with van der Waals surface area (Å²) in [6.07, 6.45) is 0. The Morgan fingerprint density at radius 2 is 1.45 bits per heavy atom. The van der Waals surface area contributed by atoms with Crippen LogP contribution in [0.5, 0.6) is 0 Å². The molecule has 0 aliphatic carbocycles. The van der Waals surface area contributed by atoms with Crippen molar-refractivity contribution in [1.82, 2.24) is 0 Å². The maximum Gasteiger partial charge on any atom is 0.336 e. The van der Waals surface area contributed by atoms with Gasteiger partial charge in [0, 0.05) is 16.7 Å². The lowest BCUT2D eigenvalue weighted by Gasteiger charge is -2.31. The number of hydrogen-bond donors (Lipinski definition) is 0. The molecular formula is C17H15O4P. The Morgan fingerprint density at radius 3 is 1.82 bits per heavy atom. The number of rotatable bonds is 6. The summed E-state index contributed by atoms with van der Waals surface area (Å²) in [7, 11) is -0.604. The first kappa shape index (κ1) is 16.1. The van der Waals surface area contributed by atoms with Crippen LogP contribution in [0.25, 0.3) is 0 Å². The van der Waals surface area contributed by atoms with Crippen LogP contribution in [0.15, 0.2) is 72.8 Å². The molecule has 0 heterocycles. The van der Waals surface area contributed by atoms with Gasteiger partial charge in [0.05, 0.1) is 0 Å². The number of ether oxygens (including phenoxy) is 1. The van der Waals surface area contributed by atoms with Crippen molar-refractivity contribution in [3.05, 3.63) is 83.9 Å². The zero-order chi connectivity index (χ0) is 16.0. The van der Waals surface area contributed by atoms with Crippen molar-refractivity contribution in [3.63, 3.8) is 0 Å². The van der Waals surface area contributed by atoms with Crippen LogP contribution in [0.3, 0.4) is 0 Å². The van der Waals surface area contributed by atoms with Gasteiger partial charge in [0.1, 0.15) is 0 Å². The van der Waals surface area contributed by atoms with Gasteiger partial charge in [-0.2, -0.15) is 0 Å². The smallest absolute Gasteiger partial charge is 0.336 e. The van der Waals surface area contributed by atoms with Gasteiger partial charge in [0.15, 0.2) is 0 Å². The van der Waals surface area contributed by atoms with Crippen molar-refractivity contribution in [3.8, 4) is 0 Å². The van der Waals surface area contributed by atoms with E-state index in [0.29, 0.717) is 11.1 Å². The maximum atomic E-state index is 12.1. The van der Waals surface area contributed by atoms with Crippen LogP contribution < -0.4 is 0 Å². The molecule has 0 aromatic heterocycles. The van der Waals surface area contributed by atoms with Crippen LogP contribution in [0, 0.1) is 0 Å². The topological polar surface area (TPSA) is 52.6 Å². The molecule has 0 saturated heterocycles. The van der Waals surface area contributed by atoms with Crippen LogP contribution >= 0.6 is 8.69 Å². The van der Waals surface area contributed by atoms with Crippen LogP contribution in [0.2, 0.25) is 0 Å². The van der Waals surface area contributed by atoms with Gasteiger partial charge in [0.25, 0.3) is 5.79 Å². The fourth-order valence-corrected chi connectivity index (χ4v) is 2.35. The zero-order valence-electron chi connectivity index (χ0n) is 12.1. The van der Waals surface area contributed by atoms with Crippen LogP contribution in [0.1, 0.15) is 18.1 Å². The molecule has 0 fully saturated rings. The average Bonchev–Trinajstić information content (AvgIpc) is 2.55. The Labute approximate surface area is 130 Å². The van der Waals surface area contributed by atoms with Crippen LogP contribution in [-0.2, 0) is 24.4 Å². The molecule has 22 heavy (non-hydrogen) atoms. The van der Waals surface area contributed by atoms with Crippen molar-refractivity contribution in [2.45, 2.75) is 12.7 Å². The van der Waals surface area contributed by atoms with Crippen LogP contribution in [0.4, 0.5) is 0 Å². The second-order valence-electron chi connectivity index (χ2n) is 4.68. The van der Waals surface area contributed by atoms with E-state index in [2.05, 4.69) is 6.58 Å². The predicted octanol–water partition coefficient (Wildman–Crippen LogP) is 4.23. The first-order valence-electron chi connectivity index (χ1n) is 6.61. The fourth-order valence-electron chi connectivity index (χ4n) is 1.99. The normalized spacial score (nSPS) is 11.1. The minimum atomic E-state index is -1.60. The predicted molar refractivity (Wildman–Crippen MR) is 83.3 cm³/mol. The van der Waals surface area contributed by atoms with Gasteiger partial charge >= 0.3 is 14.7 Å². The Bertz CT molecular complexity index is 628. The van der Waals surface area contributed by atoms with E-state index in [1.807, 2.05) is 12.1 Å². The minimum absolute atomic E-state index is 0.224. The molecule has 0 aliphatic rings. The molecule has 2 rings (SSSR count). The monoisotopic (exact) mass is 314 g/mol. The van der Waals surface area contributed by atoms with Crippen molar-refractivity contribution >= 4 is 14.7 Å². The molecule has 0 aliphatic heterocycles. The number of benzene rings is 2. The highest BCUT2D eigenvalue weighted by molar-refractivity contribution is 7.17. The molecular weight excluding hydrogens is 299 g/mol. The first-order valence-corrected chi connectivity index (χ1v) is 7.34. The van der Waals surface area contributed by atoms with E-state index in [0.717, 1.165) is 0 Å². The Hall–Kier alpha value is -2.29. The van der Waals surface area contributed by atoms with E-state index in [1.54, 1.807) is 48.5 Å². The van der Waals surface area contributed by atoms with Gasteiger partial charge in [-0.1, -0.05) is 67.2 Å². The van der Waals surface area contributed by atoms with Crippen molar-refractivity contribution < 1.29 is 18.6 Å². The largest absolute Gasteiger partial charge is 0.420 e. The fraction of sp³-hybridized carbons (Fsp3) is 0.118. The zero-order valence-corrected chi connectivity index (χ0v) is 13.0. The van der Waals surface area contributed by atoms with E-state index in [4.69, 9.17) is 9.26 Å². The molecule has 0 saturated carbocycles. The Kier molecular flexibility index (Phi) is 5.21. The van der Waals surface area contributed by atoms with Crippen LogP contribution in [-0.4, -0.2) is 5.97 Å². The second-order valence-corrected chi connectivity index (χ2v) is 5.02. The molecule has 2 aromatic rings. The number of carbonyl (C=O) groups is 1. The maximum absolute atomic E-state index is 12.1. The average molecular weight is 314 g/mol. The molecule has 0 N–H and O–H groups in total. The number of esters is 1. The van der Waals surface area contributed by atoms with Gasteiger partial charge in [0.2, 0.25) is 0 Å². The van der Waals surface area contributed by atoms with Gasteiger partial charge < -0.3 is 4.74 Å². The van der Waals surface area contributed by atoms with E-state index in [9.17, 15) is 9.36 Å². The Morgan fingerprint density at radius 1 is 1.00 bits per heavy atom. The highest BCUT2D eigenvalue weighted by atomic mass is 31.1. The summed E-state index contributed by atoms with van der Waals surface area (Å²) < 4.78 is 22.1. The summed E-state index contributed by atoms with van der Waals surface area (Å²) in [4.78, 5) is 12.1. The molecule has 5 heteroatoms. The van der Waals surface area contributed by atoms with Crippen molar-refractivity contribution in [1.29, 1.82) is 0 Å². The van der Waals surface area contributed by atoms with Gasteiger partial charge in [-0.15, -0.1) is 0 Å². The summed E-state index contributed by atoms with van der Waals surface area (Å²) in [6.45, 7) is 5.12. The van der Waals surface area contributed by atoms with Crippen molar-refractivity contribution in [2.24, 2.45) is 0 Å². The summed E-state index contributed by atoms with van der Waals surface area (Å²) in [5.41, 5.74) is 1.33. The molecule has 0 radical (unpaired) electrons. The number of carbonyl (C=O) groups excluding carboxylic acids is 1. The van der Waals surface area contributed by atoms with Crippen molar-refractivity contribution in [2.75, 3.05) is 0 Å². The quantitative estimate of drug-likeness (QED) is 0.346. The third-order valence-electron chi connectivity index (χ3n) is 3.06. The molecule has 0 atom stereocenters. The Balaban J connectivity index is 2.62. The molecule has 0 bridgehead atoms. The lowest BCUT2D eigenvalue weighted by Crippen LogP contribution is -2.34. The summed E-state index contributed by atoms with van der Waals surface area (Å²) >= 11 is 0. The van der Waals surface area contributed by atoms with Gasteiger partial charge in [-0.25, -0.2) is 13.9 Å². The third kappa shape index (κ3) is 3.30. The lowest BCUT2D eigenvalue weighted by atomic mass is 9.97. The summed E-state index contributed by atoms with van der Waals surface area (Å²) in [5, 5.41) is 0. The second kappa shape index (κ2) is 7.12. The van der Waals surface area contributed by atoms with Gasteiger partial charge in [-0.05, 0) is 6.92 Å². The third-order valence-corrected chi connectivity index (χ3v) is 3.39. The summed E-state index contributed by atoms with van der Waals surface area (Å²) in [5.74, 6) is -2.22. The molecule has 0 spiro atoms. The first-order chi connectivity index (χ1) is 10.6. The molecule has 0 amide bonds. The molecule has 112 valence electrons. The molecule has 2 aromatic carbocycles. The minimum Gasteiger partial charge on any atom is -0.420 e. The SMILES string of the molecule is C=C(C)C(=O)OC(OP=O)(c1ccccc1)c1ccccc1. The standard InChI is InChI=1S/C17H15O4P/c1-13(2)16(18)20-17(21-22-19,14-9-5-3-6-10-14)15-11-7-4-8-12-15/h3-12H,1H2,2H3. The highest BCUT2D eigenvalue weighted by Crippen LogP contribution is 2.38. The van der Waals surface area contributed by atoms with E-state index < -0.39 is 20.4 Å². The molecule has 0 unspecified atom stereocenters. The molecule has 4 nitrogen and oxygen atoms in total. The van der Waals surface area contributed by atoms with E-state index >= 15 is 0 Å². The van der Waals surface area contributed by atoms with Gasteiger partial charge in [-0.3, -0.25) is 0 Å². The summed E-state index contributed by atoms with van der Waals surface area (Å²) in [6, 6.07) is 17.8.